The highest BCUT2D eigenvalue weighted by Crippen LogP contribution is 2.65. The number of thiazole rings is 1. The Bertz CT molecular complexity index is 679. The number of hydrogen-bond donors (Lipinski definition) is 0. The van der Waals surface area contributed by atoms with E-state index in [9.17, 15) is 18.4 Å². The van der Waals surface area contributed by atoms with E-state index in [0.717, 1.165) is 11.4 Å². The van der Waals surface area contributed by atoms with Crippen molar-refractivity contribution >= 4 is 23.2 Å². The summed E-state index contributed by atoms with van der Waals surface area (Å²) in [6.45, 7) is 1.17. The van der Waals surface area contributed by atoms with Crippen LogP contribution in [-0.2, 0) is 9.53 Å². The number of likely N-dealkylation sites (tertiary alicyclic amines) is 1. The third-order valence-electron chi connectivity index (χ3n) is 5.55. The van der Waals surface area contributed by atoms with Crippen LogP contribution in [0.2, 0.25) is 0 Å². The van der Waals surface area contributed by atoms with Gasteiger partial charge in [-0.3, -0.25) is 4.79 Å². The van der Waals surface area contributed by atoms with Gasteiger partial charge in [0, 0.05) is 36.8 Å². The van der Waals surface area contributed by atoms with E-state index in [1.54, 1.807) is 4.90 Å². The maximum atomic E-state index is 13.3. The lowest BCUT2D eigenvalue weighted by molar-refractivity contribution is -0.135. The molecule has 2 aliphatic carbocycles. The largest absolute Gasteiger partial charge is 0.465 e. The summed E-state index contributed by atoms with van der Waals surface area (Å²) in [6.07, 6.45) is 2.93. The van der Waals surface area contributed by atoms with Gasteiger partial charge in [0.2, 0.25) is 5.91 Å². The molecule has 5 nitrogen and oxygen atoms in total. The van der Waals surface area contributed by atoms with E-state index in [1.807, 2.05) is 0 Å². The number of carbonyl (C=O) groups excluding carboxylic acids is 2. The summed E-state index contributed by atoms with van der Waals surface area (Å²) in [5, 5.41) is 0.825. The van der Waals surface area contributed by atoms with Gasteiger partial charge in [0.25, 0.3) is 5.92 Å². The molecule has 2 heterocycles. The first-order valence-electron chi connectivity index (χ1n) is 8.12. The van der Waals surface area contributed by atoms with Crippen LogP contribution in [0.3, 0.4) is 0 Å². The third-order valence-corrected chi connectivity index (χ3v) is 6.69. The molecule has 2 unspecified atom stereocenters. The molecule has 0 spiro atoms. The molecule has 4 rings (SSSR count). The van der Waals surface area contributed by atoms with Crippen LogP contribution in [0.5, 0.6) is 0 Å². The third kappa shape index (κ3) is 2.42. The van der Waals surface area contributed by atoms with E-state index < -0.39 is 23.7 Å². The van der Waals surface area contributed by atoms with E-state index in [1.165, 1.54) is 24.6 Å². The van der Waals surface area contributed by atoms with Gasteiger partial charge in [0.15, 0.2) is 0 Å². The van der Waals surface area contributed by atoms with Crippen molar-refractivity contribution in [3.63, 3.8) is 0 Å². The first kappa shape index (κ1) is 15.9. The van der Waals surface area contributed by atoms with Gasteiger partial charge in [0.1, 0.15) is 4.88 Å². The van der Waals surface area contributed by atoms with Crippen molar-refractivity contribution in [2.45, 2.75) is 31.1 Å². The summed E-state index contributed by atoms with van der Waals surface area (Å²) in [5.74, 6) is -4.23. The summed E-state index contributed by atoms with van der Waals surface area (Å²) in [4.78, 5) is 30.6. The Morgan fingerprint density at radius 2 is 2.08 bits per heavy atom. The Morgan fingerprint density at radius 1 is 1.38 bits per heavy atom. The molecular weight excluding hydrogens is 338 g/mol. The average Bonchev–Trinajstić information content (AvgIpc) is 3.16. The van der Waals surface area contributed by atoms with Crippen molar-refractivity contribution < 1.29 is 23.1 Å². The second kappa shape index (κ2) is 5.47. The lowest BCUT2D eigenvalue weighted by Gasteiger charge is -2.22. The van der Waals surface area contributed by atoms with Crippen LogP contribution in [-0.4, -0.2) is 47.9 Å². The molecule has 1 aliphatic heterocycles. The molecule has 0 aromatic carbocycles. The molecule has 1 aromatic rings. The maximum absolute atomic E-state index is 13.3. The minimum atomic E-state index is -2.53. The smallest absolute Gasteiger partial charge is 0.349 e. The highest BCUT2D eigenvalue weighted by molar-refractivity contribution is 7.13. The number of methoxy groups -OCH3 is 1. The summed E-state index contributed by atoms with van der Waals surface area (Å²) in [6, 6.07) is 0. The van der Waals surface area contributed by atoms with E-state index in [-0.39, 0.29) is 17.7 Å². The minimum Gasteiger partial charge on any atom is -0.465 e. The Labute approximate surface area is 142 Å². The molecule has 0 N–H and O–H groups in total. The molecule has 8 heteroatoms. The van der Waals surface area contributed by atoms with Crippen LogP contribution < -0.4 is 0 Å². The van der Waals surface area contributed by atoms with Crippen molar-refractivity contribution in [3.8, 4) is 0 Å². The molecule has 3 aliphatic rings. The number of amides is 1. The van der Waals surface area contributed by atoms with Gasteiger partial charge in [-0.2, -0.15) is 0 Å². The first-order chi connectivity index (χ1) is 11.4. The second-order valence-electron chi connectivity index (χ2n) is 6.88. The van der Waals surface area contributed by atoms with Crippen molar-refractivity contribution in [1.82, 2.24) is 9.88 Å². The van der Waals surface area contributed by atoms with Crippen LogP contribution in [0.25, 0.3) is 0 Å². The van der Waals surface area contributed by atoms with Crippen LogP contribution in [0.4, 0.5) is 8.78 Å². The highest BCUT2D eigenvalue weighted by Gasteiger charge is 2.72. The number of esters is 1. The SMILES string of the molecule is COC(=O)c1cnc(C2CCN(C(=O)C3C[C@@H]4[C@H](C3)C4(F)F)C2)s1. The topological polar surface area (TPSA) is 59.5 Å². The first-order valence-corrected chi connectivity index (χ1v) is 8.94. The van der Waals surface area contributed by atoms with Gasteiger partial charge in [-0.25, -0.2) is 18.6 Å². The highest BCUT2D eigenvalue weighted by atomic mass is 32.1. The maximum Gasteiger partial charge on any atom is 0.349 e. The molecule has 1 amide bonds. The predicted octanol–water partition coefficient (Wildman–Crippen LogP) is 2.54. The fourth-order valence-corrected chi connectivity index (χ4v) is 5.07. The van der Waals surface area contributed by atoms with Gasteiger partial charge in [-0.15, -0.1) is 11.3 Å². The molecule has 130 valence electrons. The molecule has 3 fully saturated rings. The molecule has 0 radical (unpaired) electrons. The monoisotopic (exact) mass is 356 g/mol. The van der Waals surface area contributed by atoms with Crippen molar-refractivity contribution in [2.75, 3.05) is 20.2 Å². The molecule has 4 atom stereocenters. The number of halogens is 2. The quantitative estimate of drug-likeness (QED) is 0.781. The molecule has 2 saturated carbocycles. The van der Waals surface area contributed by atoms with Crippen molar-refractivity contribution in [2.24, 2.45) is 17.8 Å². The fraction of sp³-hybridized carbons (Fsp3) is 0.688. The van der Waals surface area contributed by atoms with Crippen molar-refractivity contribution in [1.29, 1.82) is 0 Å². The normalized spacial score (nSPS) is 33.4. The Kier molecular flexibility index (Phi) is 3.63. The molecule has 1 saturated heterocycles. The zero-order valence-electron chi connectivity index (χ0n) is 13.2. The summed E-state index contributed by atoms with van der Waals surface area (Å²) < 4.78 is 31.2. The molecular formula is C16H18F2N2O3S. The zero-order valence-corrected chi connectivity index (χ0v) is 14.0. The lowest BCUT2D eigenvalue weighted by atomic mass is 10.0. The Balaban J connectivity index is 1.36. The van der Waals surface area contributed by atoms with Crippen LogP contribution in [0, 0.1) is 17.8 Å². The number of rotatable bonds is 3. The van der Waals surface area contributed by atoms with Crippen molar-refractivity contribution in [3.05, 3.63) is 16.1 Å². The van der Waals surface area contributed by atoms with Gasteiger partial charge in [0.05, 0.1) is 18.3 Å². The molecule has 1 aromatic heterocycles. The number of ether oxygens (including phenoxy) is 1. The predicted molar refractivity (Wildman–Crippen MR) is 82.0 cm³/mol. The second-order valence-corrected chi connectivity index (χ2v) is 7.94. The van der Waals surface area contributed by atoms with E-state index in [2.05, 4.69) is 9.72 Å². The minimum absolute atomic E-state index is 0.00486. The summed E-state index contributed by atoms with van der Waals surface area (Å²) >= 11 is 1.29. The van der Waals surface area contributed by atoms with E-state index in [0.29, 0.717) is 30.8 Å². The fourth-order valence-electron chi connectivity index (χ4n) is 4.11. The number of alkyl halides is 2. The Morgan fingerprint density at radius 3 is 2.75 bits per heavy atom. The van der Waals surface area contributed by atoms with Gasteiger partial charge >= 0.3 is 5.97 Å². The standard InChI is InChI=1S/C16H18F2N2O3S/c1-23-15(22)12-6-19-13(24-12)8-2-3-20(7-8)14(21)9-4-10-11(5-9)16(10,17)18/h6,8-11H,2-5,7H2,1H3/t8?,9?,10-,11+. The Hall–Kier alpha value is -1.57. The van der Waals surface area contributed by atoms with Crippen LogP contribution in [0.1, 0.15) is 39.9 Å². The molecule has 24 heavy (non-hydrogen) atoms. The zero-order chi connectivity index (χ0) is 17.1. The summed E-state index contributed by atoms with van der Waals surface area (Å²) in [7, 11) is 1.33. The van der Waals surface area contributed by atoms with Gasteiger partial charge in [-0.1, -0.05) is 0 Å². The van der Waals surface area contributed by atoms with Crippen LogP contribution in [0.15, 0.2) is 6.20 Å². The summed E-state index contributed by atoms with van der Waals surface area (Å²) in [5.41, 5.74) is 0. The number of carbonyl (C=O) groups is 2. The van der Waals surface area contributed by atoms with E-state index in [4.69, 9.17) is 0 Å². The lowest BCUT2D eigenvalue weighted by Crippen LogP contribution is -2.34. The number of nitrogens with zero attached hydrogens (tertiary/aromatic N) is 2. The number of aromatic nitrogens is 1. The van der Waals surface area contributed by atoms with Gasteiger partial charge in [-0.05, 0) is 19.3 Å². The average molecular weight is 356 g/mol. The van der Waals surface area contributed by atoms with Gasteiger partial charge < -0.3 is 9.64 Å². The number of fused-ring (bicyclic) bond motifs is 1. The number of hydrogen-bond acceptors (Lipinski definition) is 5. The van der Waals surface area contributed by atoms with E-state index >= 15 is 0 Å². The van der Waals surface area contributed by atoms with Crippen LogP contribution >= 0.6 is 11.3 Å². The molecule has 0 bridgehead atoms.